The number of nitrogens with one attached hydrogen (secondary N) is 1. The molecule has 17 heavy (non-hydrogen) atoms. The van der Waals surface area contributed by atoms with E-state index in [1.807, 2.05) is 24.3 Å². The monoisotopic (exact) mass is 250 g/mol. The second kappa shape index (κ2) is 5.64. The van der Waals surface area contributed by atoms with E-state index in [4.69, 9.17) is 11.6 Å². The number of pyridine rings is 1. The van der Waals surface area contributed by atoms with Gasteiger partial charge in [-0.25, -0.2) is 4.39 Å². The molecule has 0 amide bonds. The number of para-hydroxylation sites is 1. The highest BCUT2D eigenvalue weighted by Gasteiger charge is 2.01. The second-order valence-electron chi connectivity index (χ2n) is 3.66. The lowest BCUT2D eigenvalue weighted by Crippen LogP contribution is -2.02. The van der Waals surface area contributed by atoms with Crippen molar-refractivity contribution in [2.45, 2.75) is 12.4 Å². The molecule has 0 atom stereocenters. The minimum atomic E-state index is -0.324. The van der Waals surface area contributed by atoms with Crippen molar-refractivity contribution in [3.63, 3.8) is 0 Å². The number of halogens is 2. The van der Waals surface area contributed by atoms with Gasteiger partial charge in [0.15, 0.2) is 0 Å². The van der Waals surface area contributed by atoms with Crippen molar-refractivity contribution in [1.29, 1.82) is 0 Å². The van der Waals surface area contributed by atoms with E-state index in [0.29, 0.717) is 12.4 Å². The van der Waals surface area contributed by atoms with Crippen LogP contribution in [0.25, 0.3) is 0 Å². The topological polar surface area (TPSA) is 24.9 Å². The van der Waals surface area contributed by atoms with E-state index in [2.05, 4.69) is 10.3 Å². The first-order chi connectivity index (χ1) is 8.29. The van der Waals surface area contributed by atoms with Gasteiger partial charge in [-0.15, -0.1) is 11.6 Å². The summed E-state index contributed by atoms with van der Waals surface area (Å²) in [6.07, 6.45) is 2.83. The molecule has 0 spiro atoms. The molecular formula is C13H12ClFN2. The van der Waals surface area contributed by atoms with Gasteiger partial charge in [0.25, 0.3) is 0 Å². The molecule has 0 aliphatic rings. The molecule has 0 saturated heterocycles. The molecule has 4 heteroatoms. The predicted molar refractivity (Wildman–Crippen MR) is 67.5 cm³/mol. The van der Waals surface area contributed by atoms with Gasteiger partial charge in [-0.05, 0) is 23.3 Å². The van der Waals surface area contributed by atoms with Crippen LogP contribution >= 0.6 is 11.6 Å². The Labute approximate surface area is 104 Å². The van der Waals surface area contributed by atoms with E-state index in [0.717, 1.165) is 16.8 Å². The largest absolute Gasteiger partial charge is 0.381 e. The molecule has 0 aliphatic heterocycles. The molecule has 2 rings (SSSR count). The Morgan fingerprint density at radius 2 is 2.06 bits per heavy atom. The van der Waals surface area contributed by atoms with Crippen molar-refractivity contribution in [2.24, 2.45) is 0 Å². The third-order valence-electron chi connectivity index (χ3n) is 2.41. The molecule has 0 saturated carbocycles. The predicted octanol–water partition coefficient (Wildman–Crippen LogP) is 3.57. The number of nitrogens with zero attached hydrogens (tertiary/aromatic N) is 1. The molecule has 0 aliphatic carbocycles. The van der Waals surface area contributed by atoms with Crippen LogP contribution in [0.15, 0.2) is 42.7 Å². The average molecular weight is 251 g/mol. The van der Waals surface area contributed by atoms with E-state index >= 15 is 0 Å². The Hall–Kier alpha value is -1.61. The lowest BCUT2D eigenvalue weighted by atomic mass is 10.2. The molecule has 88 valence electrons. The van der Waals surface area contributed by atoms with Crippen molar-refractivity contribution in [3.05, 3.63) is 59.7 Å². The zero-order valence-electron chi connectivity index (χ0n) is 9.16. The van der Waals surface area contributed by atoms with Gasteiger partial charge in [-0.3, -0.25) is 4.98 Å². The van der Waals surface area contributed by atoms with Gasteiger partial charge >= 0.3 is 0 Å². The van der Waals surface area contributed by atoms with Crippen LogP contribution in [-0.2, 0) is 12.4 Å². The zero-order chi connectivity index (χ0) is 12.1. The lowest BCUT2D eigenvalue weighted by Gasteiger charge is -2.10. The fourth-order valence-electron chi connectivity index (χ4n) is 1.56. The lowest BCUT2D eigenvalue weighted by molar-refractivity contribution is 0.619. The van der Waals surface area contributed by atoms with Gasteiger partial charge in [0, 0.05) is 24.3 Å². The second-order valence-corrected chi connectivity index (χ2v) is 3.92. The van der Waals surface area contributed by atoms with Crippen molar-refractivity contribution >= 4 is 17.3 Å². The Balaban J connectivity index is 2.07. The highest BCUT2D eigenvalue weighted by molar-refractivity contribution is 6.17. The van der Waals surface area contributed by atoms with Crippen molar-refractivity contribution in [1.82, 2.24) is 4.98 Å². The molecule has 0 radical (unpaired) electrons. The van der Waals surface area contributed by atoms with E-state index in [-0.39, 0.29) is 5.82 Å². The molecule has 0 unspecified atom stereocenters. The summed E-state index contributed by atoms with van der Waals surface area (Å²) in [6.45, 7) is 0.526. The van der Waals surface area contributed by atoms with Gasteiger partial charge in [0.05, 0.1) is 6.20 Å². The molecule has 1 aromatic heterocycles. The fraction of sp³-hybridized carbons (Fsp3) is 0.154. The number of hydrogen-bond donors (Lipinski definition) is 1. The van der Waals surface area contributed by atoms with E-state index in [1.165, 1.54) is 12.3 Å². The number of anilines is 1. The SMILES string of the molecule is Fc1cncc(CNc2ccccc2CCl)c1. The average Bonchev–Trinajstić information content (AvgIpc) is 2.37. The van der Waals surface area contributed by atoms with Gasteiger partial charge in [0.1, 0.15) is 5.82 Å². The van der Waals surface area contributed by atoms with Crippen LogP contribution < -0.4 is 5.32 Å². The summed E-state index contributed by atoms with van der Waals surface area (Å²) in [5, 5.41) is 3.22. The van der Waals surface area contributed by atoms with Gasteiger partial charge in [-0.1, -0.05) is 18.2 Å². The summed E-state index contributed by atoms with van der Waals surface area (Å²) in [6, 6.07) is 9.24. The van der Waals surface area contributed by atoms with Crippen LogP contribution in [0.3, 0.4) is 0 Å². The number of aromatic nitrogens is 1. The Kier molecular flexibility index (Phi) is 3.94. The molecular weight excluding hydrogens is 239 g/mol. The first kappa shape index (κ1) is 11.9. The number of alkyl halides is 1. The summed E-state index contributed by atoms with van der Waals surface area (Å²) in [7, 11) is 0. The highest BCUT2D eigenvalue weighted by atomic mass is 35.5. The summed E-state index contributed by atoms with van der Waals surface area (Å²) in [5.74, 6) is 0.125. The standard InChI is InChI=1S/C13H12ClFN2/c14-6-11-3-1-2-4-13(11)17-8-10-5-12(15)9-16-7-10/h1-5,7,9,17H,6,8H2. The van der Waals surface area contributed by atoms with Crippen LogP contribution in [0.5, 0.6) is 0 Å². The summed E-state index contributed by atoms with van der Waals surface area (Å²) in [5.41, 5.74) is 2.79. The molecule has 1 aromatic carbocycles. The zero-order valence-corrected chi connectivity index (χ0v) is 9.91. The third kappa shape index (κ3) is 3.17. The van der Waals surface area contributed by atoms with Gasteiger partial charge in [-0.2, -0.15) is 0 Å². The number of benzene rings is 1. The number of rotatable bonds is 4. The normalized spacial score (nSPS) is 10.2. The molecule has 1 N–H and O–H groups in total. The van der Waals surface area contributed by atoms with Gasteiger partial charge < -0.3 is 5.32 Å². The maximum atomic E-state index is 12.9. The molecule has 2 nitrogen and oxygen atoms in total. The molecule has 0 bridgehead atoms. The summed E-state index contributed by atoms with van der Waals surface area (Å²) in [4.78, 5) is 3.80. The smallest absolute Gasteiger partial charge is 0.141 e. The van der Waals surface area contributed by atoms with Crippen LogP contribution in [-0.4, -0.2) is 4.98 Å². The van der Waals surface area contributed by atoms with Crippen LogP contribution in [0.4, 0.5) is 10.1 Å². The Morgan fingerprint density at radius 1 is 1.24 bits per heavy atom. The van der Waals surface area contributed by atoms with Crippen molar-refractivity contribution in [3.8, 4) is 0 Å². The Morgan fingerprint density at radius 3 is 2.82 bits per heavy atom. The molecule has 2 aromatic rings. The van der Waals surface area contributed by atoms with Crippen molar-refractivity contribution in [2.75, 3.05) is 5.32 Å². The molecule has 1 heterocycles. The third-order valence-corrected chi connectivity index (χ3v) is 2.69. The maximum absolute atomic E-state index is 12.9. The first-order valence-electron chi connectivity index (χ1n) is 5.27. The van der Waals surface area contributed by atoms with E-state index < -0.39 is 0 Å². The van der Waals surface area contributed by atoms with Crippen LogP contribution in [0.1, 0.15) is 11.1 Å². The summed E-state index contributed by atoms with van der Waals surface area (Å²) >= 11 is 5.83. The van der Waals surface area contributed by atoms with Crippen molar-refractivity contribution < 1.29 is 4.39 Å². The highest BCUT2D eigenvalue weighted by Crippen LogP contribution is 2.17. The number of hydrogen-bond acceptors (Lipinski definition) is 2. The maximum Gasteiger partial charge on any atom is 0.141 e. The first-order valence-corrected chi connectivity index (χ1v) is 5.80. The fourth-order valence-corrected chi connectivity index (χ4v) is 1.79. The summed E-state index contributed by atoms with van der Waals surface area (Å²) < 4.78 is 12.9. The molecule has 0 fully saturated rings. The van der Waals surface area contributed by atoms with E-state index in [1.54, 1.807) is 6.20 Å². The minimum absolute atomic E-state index is 0.324. The quantitative estimate of drug-likeness (QED) is 0.839. The van der Waals surface area contributed by atoms with Crippen LogP contribution in [0, 0.1) is 5.82 Å². The Bertz CT molecular complexity index is 502. The minimum Gasteiger partial charge on any atom is -0.381 e. The van der Waals surface area contributed by atoms with Gasteiger partial charge in [0.2, 0.25) is 0 Å². The van der Waals surface area contributed by atoms with E-state index in [9.17, 15) is 4.39 Å². The van der Waals surface area contributed by atoms with Crippen LogP contribution in [0.2, 0.25) is 0 Å².